The number of rotatable bonds is 13. The molecule has 0 unspecified atom stereocenters. The lowest BCUT2D eigenvalue weighted by molar-refractivity contribution is -0.162. The predicted molar refractivity (Wildman–Crippen MR) is 230 cm³/mol. The van der Waals surface area contributed by atoms with E-state index in [0.29, 0.717) is 38.8 Å². The third kappa shape index (κ3) is 26.0. The Bertz CT molecular complexity index is 1440. The molecule has 356 valence electrons. The van der Waals surface area contributed by atoms with Gasteiger partial charge in [0.05, 0.1) is 29.5 Å². The largest absolute Gasteiger partial charge is 0.479 e. The summed E-state index contributed by atoms with van der Waals surface area (Å²) in [5.41, 5.74) is 10.1. The number of aliphatic carboxylic acids is 1. The Morgan fingerprint density at radius 1 is 0.689 bits per heavy atom. The average Bonchev–Trinajstić information content (AvgIpc) is 3.13. The molecule has 2 aliphatic rings. The van der Waals surface area contributed by atoms with E-state index >= 15 is 0 Å². The number of nitrogens with zero attached hydrogens (tertiary/aromatic N) is 2. The van der Waals surface area contributed by atoms with Gasteiger partial charge in [0, 0.05) is 13.1 Å². The molecule has 19 nitrogen and oxygen atoms in total. The maximum atomic E-state index is 12.7. The lowest BCUT2D eigenvalue weighted by Crippen LogP contribution is -2.60. The van der Waals surface area contributed by atoms with Crippen molar-refractivity contribution < 1.29 is 63.0 Å². The van der Waals surface area contributed by atoms with Crippen LogP contribution >= 0.6 is 69.6 Å². The normalized spacial score (nSPS) is 20.4. The van der Waals surface area contributed by atoms with E-state index in [2.05, 4.69) is 16.2 Å². The number of nitrogens with one attached hydrogen (secondary N) is 3. The van der Waals surface area contributed by atoms with Crippen molar-refractivity contribution in [2.75, 3.05) is 26.3 Å². The van der Waals surface area contributed by atoms with E-state index in [-0.39, 0.29) is 12.5 Å². The second kappa shape index (κ2) is 26.3. The fourth-order valence-electron chi connectivity index (χ4n) is 5.24. The van der Waals surface area contributed by atoms with Crippen molar-refractivity contribution in [1.82, 2.24) is 26.2 Å². The zero-order valence-corrected chi connectivity index (χ0v) is 40.5. The van der Waals surface area contributed by atoms with Crippen LogP contribution in [-0.4, -0.2) is 155 Å². The first-order valence-corrected chi connectivity index (χ1v) is 21.4. The highest BCUT2D eigenvalue weighted by molar-refractivity contribution is 6.68. The van der Waals surface area contributed by atoms with Crippen LogP contribution in [-0.2, 0) is 47.7 Å². The number of carbonyl (C=O) groups is 6. The van der Waals surface area contributed by atoms with Crippen molar-refractivity contribution in [3.63, 3.8) is 0 Å². The standard InChI is InChI=1S/C18H30Cl3N3O6.C10H16Cl3N3O3.C8H16O4/c1-10(22-14(26)13(25)11(2)30-17(3,4)5)15(27)24-8-6-7-12(23-24)16(28)29-9-18(19,20)21;1-6(14)8(17)16-4-2-3-7(15-16)9(18)19-5-10(11,12)13;1-5(6(9)7(10)11)12-8(2,3)4/h10-13,23,25H,6-9H2,1-5H3,(H,22,26);6-7,15H,2-5,14H2,1H3;5-6,9H,1-4H3,(H,10,11)/t10-,11+,12-,13-;6-,7-;5-,6+/m001/s1. The minimum absolute atomic E-state index is 0.279. The maximum Gasteiger partial charge on any atom is 0.335 e. The van der Waals surface area contributed by atoms with Crippen LogP contribution in [0.5, 0.6) is 0 Å². The predicted octanol–water partition coefficient (Wildman–Crippen LogP) is 2.84. The van der Waals surface area contributed by atoms with E-state index in [9.17, 15) is 33.9 Å². The molecule has 2 rings (SSSR count). The minimum Gasteiger partial charge on any atom is -0.479 e. The van der Waals surface area contributed by atoms with Gasteiger partial charge in [-0.1, -0.05) is 69.6 Å². The molecule has 2 fully saturated rings. The molecule has 3 amide bonds. The lowest BCUT2D eigenvalue weighted by atomic mass is 10.1. The first-order chi connectivity index (χ1) is 27.5. The van der Waals surface area contributed by atoms with Crippen LogP contribution in [0.25, 0.3) is 0 Å². The van der Waals surface area contributed by atoms with E-state index in [1.807, 2.05) is 0 Å². The van der Waals surface area contributed by atoms with Gasteiger partial charge >= 0.3 is 17.9 Å². The molecule has 0 aliphatic carbocycles. The summed E-state index contributed by atoms with van der Waals surface area (Å²) in [6.45, 7) is 17.1. The summed E-state index contributed by atoms with van der Waals surface area (Å²) in [6, 6.07) is -3.01. The lowest BCUT2D eigenvalue weighted by Gasteiger charge is -2.34. The Labute approximate surface area is 387 Å². The summed E-state index contributed by atoms with van der Waals surface area (Å²) < 4.78 is 17.2. The Morgan fingerprint density at radius 2 is 1.05 bits per heavy atom. The van der Waals surface area contributed by atoms with Crippen molar-refractivity contribution in [2.45, 2.75) is 162 Å². The van der Waals surface area contributed by atoms with Crippen molar-refractivity contribution >= 4 is 105 Å². The summed E-state index contributed by atoms with van der Waals surface area (Å²) in [7, 11) is 0. The maximum absolute atomic E-state index is 12.7. The van der Waals surface area contributed by atoms with E-state index < -0.39 is 104 Å². The van der Waals surface area contributed by atoms with Gasteiger partial charge in [0.2, 0.25) is 7.59 Å². The number of hydrogen-bond acceptors (Lipinski definition) is 15. The summed E-state index contributed by atoms with van der Waals surface area (Å²) in [4.78, 5) is 70.8. The van der Waals surface area contributed by atoms with Crippen molar-refractivity contribution in [2.24, 2.45) is 5.73 Å². The topological polar surface area (TPSA) is 269 Å². The summed E-state index contributed by atoms with van der Waals surface area (Å²) >= 11 is 33.2. The second-order valence-corrected chi connectivity index (χ2v) is 21.2. The highest BCUT2D eigenvalue weighted by atomic mass is 35.6. The quantitative estimate of drug-likeness (QED) is 0.103. The van der Waals surface area contributed by atoms with Gasteiger partial charge in [-0.05, 0) is 94.9 Å². The molecular formula is C36H62Cl6N6O13. The number of aliphatic hydroxyl groups is 2. The first kappa shape index (κ1) is 59.3. The number of aliphatic hydroxyl groups excluding tert-OH is 2. The smallest absolute Gasteiger partial charge is 0.335 e. The highest BCUT2D eigenvalue weighted by Gasteiger charge is 2.35. The minimum atomic E-state index is -1.73. The molecule has 61 heavy (non-hydrogen) atoms. The van der Waals surface area contributed by atoms with E-state index in [1.54, 1.807) is 55.4 Å². The molecule has 0 spiro atoms. The van der Waals surface area contributed by atoms with Crippen LogP contribution in [0, 0.1) is 0 Å². The van der Waals surface area contributed by atoms with Gasteiger partial charge in [0.15, 0.2) is 12.2 Å². The van der Waals surface area contributed by atoms with Crippen LogP contribution in [0.15, 0.2) is 0 Å². The number of nitrogens with two attached hydrogens (primary N) is 1. The molecule has 0 bridgehead atoms. The Hall–Kier alpha value is -1.72. The Kier molecular flexibility index (Phi) is 25.6. The first-order valence-electron chi connectivity index (χ1n) is 19.2. The van der Waals surface area contributed by atoms with Gasteiger partial charge in [-0.2, -0.15) is 0 Å². The van der Waals surface area contributed by atoms with E-state index in [0.717, 1.165) is 0 Å². The van der Waals surface area contributed by atoms with Crippen LogP contribution < -0.4 is 21.9 Å². The zero-order valence-electron chi connectivity index (χ0n) is 35.9. The number of carboxylic acids is 1. The van der Waals surface area contributed by atoms with Gasteiger partial charge in [0.25, 0.3) is 17.7 Å². The average molecular weight is 1000 g/mol. The van der Waals surface area contributed by atoms with Crippen LogP contribution in [0.3, 0.4) is 0 Å². The molecule has 0 aromatic heterocycles. The van der Waals surface area contributed by atoms with Crippen molar-refractivity contribution in [3.8, 4) is 0 Å². The molecule has 2 aliphatic heterocycles. The molecule has 2 heterocycles. The number of esters is 2. The number of ether oxygens (including phenoxy) is 4. The molecule has 0 saturated carbocycles. The van der Waals surface area contributed by atoms with Crippen LogP contribution in [0.4, 0.5) is 0 Å². The number of amides is 3. The summed E-state index contributed by atoms with van der Waals surface area (Å²) in [6.07, 6.45) is -2.18. The fraction of sp³-hybridized carbons (Fsp3) is 0.833. The number of carbonyl (C=O) groups excluding carboxylic acids is 5. The van der Waals surface area contributed by atoms with E-state index in [1.165, 1.54) is 23.9 Å². The van der Waals surface area contributed by atoms with Gasteiger partial charge < -0.3 is 45.3 Å². The molecular weight excluding hydrogens is 937 g/mol. The molecule has 2 saturated heterocycles. The highest BCUT2D eigenvalue weighted by Crippen LogP contribution is 2.27. The summed E-state index contributed by atoms with van der Waals surface area (Å²) in [5, 5.41) is 32.6. The summed E-state index contributed by atoms with van der Waals surface area (Å²) in [5.74, 6) is -3.96. The fourth-order valence-corrected chi connectivity index (χ4v) is 5.56. The molecule has 8 N–H and O–H groups in total. The van der Waals surface area contributed by atoms with E-state index in [4.69, 9.17) is 104 Å². The number of hydrogen-bond donors (Lipinski definition) is 7. The third-order valence-electron chi connectivity index (χ3n) is 7.84. The van der Waals surface area contributed by atoms with Crippen molar-refractivity contribution in [3.05, 3.63) is 0 Å². The van der Waals surface area contributed by atoms with Crippen molar-refractivity contribution in [1.29, 1.82) is 0 Å². The van der Waals surface area contributed by atoms with Gasteiger partial charge in [-0.3, -0.25) is 34.0 Å². The van der Waals surface area contributed by atoms with Gasteiger partial charge in [-0.15, -0.1) is 0 Å². The number of hydrazine groups is 2. The third-order valence-corrected chi connectivity index (χ3v) is 8.49. The molecule has 0 radical (unpaired) electrons. The van der Waals surface area contributed by atoms with Crippen LogP contribution in [0.1, 0.15) is 94.9 Å². The number of carboxylic acid groups (broad SMARTS) is 1. The number of halogens is 6. The Balaban J connectivity index is 0.000000987. The molecule has 25 heteroatoms. The monoisotopic (exact) mass is 996 g/mol. The van der Waals surface area contributed by atoms with Gasteiger partial charge in [0.1, 0.15) is 31.3 Å². The van der Waals surface area contributed by atoms with Crippen LogP contribution in [0.2, 0.25) is 0 Å². The number of alkyl halides is 6. The Morgan fingerprint density at radius 3 is 1.38 bits per heavy atom. The second-order valence-electron chi connectivity index (χ2n) is 16.2. The molecule has 8 atom stereocenters. The SMILES string of the molecule is C[C@@H](OC(C)(C)C)[C@H](O)C(=O)O.C[C@H](N)C(=O)N1CCC[C@@H](C(=O)OCC(Cl)(Cl)Cl)N1.C[C@H](NC(=O)[C@@H](O)[C@@H](C)OC(C)(C)C)C(=O)N1CCC[C@@H](C(=O)OCC(Cl)(Cl)Cl)N1. The zero-order chi connectivity index (χ0) is 47.8. The van der Waals surface area contributed by atoms with Gasteiger partial charge in [-0.25, -0.2) is 15.6 Å². The molecule has 0 aromatic carbocycles. The molecule has 0 aromatic rings.